The average Bonchev–Trinajstić information content (AvgIpc) is 2.87. The number of hydrogen-bond donors (Lipinski definition) is 2. The lowest BCUT2D eigenvalue weighted by Gasteiger charge is -2.19. The van der Waals surface area contributed by atoms with E-state index in [-0.39, 0.29) is 30.1 Å². The zero-order valence-corrected chi connectivity index (χ0v) is 9.49. The lowest BCUT2D eigenvalue weighted by Crippen LogP contribution is -2.47. The van der Waals surface area contributed by atoms with Crippen LogP contribution in [0.5, 0.6) is 0 Å². The highest BCUT2D eigenvalue weighted by atomic mass is 16.6. The molecule has 0 bridgehead atoms. The highest BCUT2D eigenvalue weighted by Gasteiger charge is 2.36. The zero-order chi connectivity index (χ0) is 11.5. The van der Waals surface area contributed by atoms with Crippen molar-refractivity contribution < 1.29 is 14.3 Å². The standard InChI is InChI=1S/C11H18N2O3/c1-2-9-8(6-10(14)16-9)13-11(15)7-4-3-5-12-7/h7-9,12H,2-6H2,1H3,(H,13,15)/t7?,8-,9-/m0/s1. The van der Waals surface area contributed by atoms with Crippen molar-refractivity contribution in [3.05, 3.63) is 0 Å². The fourth-order valence-electron chi connectivity index (χ4n) is 2.31. The maximum atomic E-state index is 11.8. The molecule has 0 aromatic carbocycles. The Labute approximate surface area is 94.9 Å². The highest BCUT2D eigenvalue weighted by molar-refractivity contribution is 5.83. The molecule has 5 nitrogen and oxygen atoms in total. The van der Waals surface area contributed by atoms with Crippen LogP contribution in [0, 0.1) is 0 Å². The lowest BCUT2D eigenvalue weighted by atomic mass is 10.1. The van der Waals surface area contributed by atoms with Gasteiger partial charge in [0, 0.05) is 0 Å². The van der Waals surface area contributed by atoms with Gasteiger partial charge in [-0.25, -0.2) is 0 Å². The largest absolute Gasteiger partial charge is 0.460 e. The molecule has 0 aromatic heterocycles. The minimum Gasteiger partial charge on any atom is -0.460 e. The maximum Gasteiger partial charge on any atom is 0.308 e. The number of carbonyl (C=O) groups is 2. The molecule has 1 unspecified atom stereocenters. The number of ether oxygens (including phenoxy) is 1. The summed E-state index contributed by atoms with van der Waals surface area (Å²) in [5.74, 6) is -0.212. The van der Waals surface area contributed by atoms with Gasteiger partial charge >= 0.3 is 5.97 Å². The van der Waals surface area contributed by atoms with Gasteiger partial charge in [-0.2, -0.15) is 0 Å². The summed E-state index contributed by atoms with van der Waals surface area (Å²) in [5.41, 5.74) is 0. The summed E-state index contributed by atoms with van der Waals surface area (Å²) in [6, 6.07) is -0.236. The molecule has 0 saturated carbocycles. The molecule has 0 aromatic rings. The van der Waals surface area contributed by atoms with E-state index in [1.807, 2.05) is 6.92 Å². The van der Waals surface area contributed by atoms with Gasteiger partial charge in [0.15, 0.2) is 0 Å². The quantitative estimate of drug-likeness (QED) is 0.662. The van der Waals surface area contributed by atoms with Crippen LogP contribution in [0.25, 0.3) is 0 Å². The van der Waals surface area contributed by atoms with E-state index >= 15 is 0 Å². The average molecular weight is 226 g/mol. The number of amides is 1. The third-order valence-corrected chi connectivity index (χ3v) is 3.23. The summed E-state index contributed by atoms with van der Waals surface area (Å²) in [5, 5.41) is 6.04. The molecule has 2 saturated heterocycles. The molecule has 2 aliphatic rings. The van der Waals surface area contributed by atoms with Gasteiger partial charge in [0.05, 0.1) is 18.5 Å². The molecule has 0 spiro atoms. The van der Waals surface area contributed by atoms with Crippen molar-refractivity contribution in [3.8, 4) is 0 Å². The van der Waals surface area contributed by atoms with E-state index in [9.17, 15) is 9.59 Å². The topological polar surface area (TPSA) is 67.4 Å². The first-order valence-corrected chi connectivity index (χ1v) is 5.94. The minimum atomic E-state index is -0.212. The first kappa shape index (κ1) is 11.4. The molecule has 2 heterocycles. The van der Waals surface area contributed by atoms with Crippen molar-refractivity contribution in [3.63, 3.8) is 0 Å². The second kappa shape index (κ2) is 4.82. The van der Waals surface area contributed by atoms with Gasteiger partial charge < -0.3 is 15.4 Å². The third-order valence-electron chi connectivity index (χ3n) is 3.23. The molecule has 2 rings (SSSR count). The smallest absolute Gasteiger partial charge is 0.308 e. The number of carbonyl (C=O) groups excluding carboxylic acids is 2. The molecule has 5 heteroatoms. The van der Waals surface area contributed by atoms with Crippen LogP contribution in [-0.2, 0) is 14.3 Å². The molecule has 1 amide bonds. The van der Waals surface area contributed by atoms with Gasteiger partial charge in [0.2, 0.25) is 5.91 Å². The van der Waals surface area contributed by atoms with Crippen LogP contribution in [-0.4, -0.2) is 36.6 Å². The van der Waals surface area contributed by atoms with E-state index in [1.54, 1.807) is 0 Å². The van der Waals surface area contributed by atoms with Crippen molar-refractivity contribution in [1.29, 1.82) is 0 Å². The molecular weight excluding hydrogens is 208 g/mol. The molecule has 0 aliphatic carbocycles. The fraction of sp³-hybridized carbons (Fsp3) is 0.818. The van der Waals surface area contributed by atoms with Gasteiger partial charge in [-0.15, -0.1) is 0 Å². The monoisotopic (exact) mass is 226 g/mol. The first-order valence-electron chi connectivity index (χ1n) is 5.94. The number of esters is 1. The molecule has 2 N–H and O–H groups in total. The van der Waals surface area contributed by atoms with Gasteiger partial charge in [-0.05, 0) is 25.8 Å². The predicted molar refractivity (Wildman–Crippen MR) is 57.7 cm³/mol. The van der Waals surface area contributed by atoms with Crippen LogP contribution in [0.1, 0.15) is 32.6 Å². The minimum absolute atomic E-state index is 0.000694. The van der Waals surface area contributed by atoms with E-state index in [4.69, 9.17) is 4.74 Å². The SMILES string of the molecule is CC[C@@H]1OC(=O)C[C@@H]1NC(=O)C1CCCN1. The number of cyclic esters (lactones) is 1. The Hall–Kier alpha value is -1.10. The Balaban J connectivity index is 1.88. The summed E-state index contributed by atoms with van der Waals surface area (Å²) >= 11 is 0. The molecule has 2 fully saturated rings. The van der Waals surface area contributed by atoms with Crippen LogP contribution < -0.4 is 10.6 Å². The summed E-state index contributed by atoms with van der Waals surface area (Å²) in [6.45, 7) is 2.85. The predicted octanol–water partition coefficient (Wildman–Crippen LogP) is -0.0513. The van der Waals surface area contributed by atoms with E-state index < -0.39 is 0 Å². The number of rotatable bonds is 3. The number of hydrogen-bond acceptors (Lipinski definition) is 4. The Morgan fingerprint density at radius 1 is 1.62 bits per heavy atom. The third kappa shape index (κ3) is 2.35. The zero-order valence-electron chi connectivity index (χ0n) is 9.49. The highest BCUT2D eigenvalue weighted by Crippen LogP contribution is 2.18. The van der Waals surface area contributed by atoms with Crippen molar-refractivity contribution >= 4 is 11.9 Å². The summed E-state index contributed by atoms with van der Waals surface area (Å²) < 4.78 is 5.11. The van der Waals surface area contributed by atoms with Crippen molar-refractivity contribution in [2.45, 2.75) is 50.8 Å². The van der Waals surface area contributed by atoms with Crippen molar-refractivity contribution in [2.75, 3.05) is 6.54 Å². The fourth-order valence-corrected chi connectivity index (χ4v) is 2.31. The molecule has 0 radical (unpaired) electrons. The van der Waals surface area contributed by atoms with Crippen molar-refractivity contribution in [2.24, 2.45) is 0 Å². The number of nitrogens with one attached hydrogen (secondary N) is 2. The molecule has 90 valence electrons. The summed E-state index contributed by atoms with van der Waals surface area (Å²) in [6.07, 6.45) is 2.81. The van der Waals surface area contributed by atoms with Crippen LogP contribution in [0.3, 0.4) is 0 Å². The van der Waals surface area contributed by atoms with E-state index in [1.165, 1.54) is 0 Å². The van der Waals surface area contributed by atoms with Crippen LogP contribution in [0.4, 0.5) is 0 Å². The van der Waals surface area contributed by atoms with Crippen LogP contribution in [0.15, 0.2) is 0 Å². The Morgan fingerprint density at radius 3 is 3.06 bits per heavy atom. The van der Waals surface area contributed by atoms with Gasteiger partial charge in [0.25, 0.3) is 0 Å². The maximum absolute atomic E-state index is 11.8. The first-order chi connectivity index (χ1) is 7.70. The second-order valence-corrected chi connectivity index (χ2v) is 4.40. The normalized spacial score (nSPS) is 33.8. The molecular formula is C11H18N2O3. The molecule has 2 aliphatic heterocycles. The summed E-state index contributed by atoms with van der Waals surface area (Å²) in [7, 11) is 0. The van der Waals surface area contributed by atoms with Gasteiger partial charge in [0.1, 0.15) is 6.10 Å². The van der Waals surface area contributed by atoms with Gasteiger partial charge in [-0.3, -0.25) is 9.59 Å². The second-order valence-electron chi connectivity index (χ2n) is 4.40. The van der Waals surface area contributed by atoms with E-state index in [0.29, 0.717) is 6.42 Å². The Bertz CT molecular complexity index is 287. The lowest BCUT2D eigenvalue weighted by molar-refractivity contribution is -0.141. The Morgan fingerprint density at radius 2 is 2.44 bits per heavy atom. The van der Waals surface area contributed by atoms with Crippen LogP contribution in [0.2, 0.25) is 0 Å². The molecule has 3 atom stereocenters. The van der Waals surface area contributed by atoms with Crippen molar-refractivity contribution in [1.82, 2.24) is 10.6 Å². The van der Waals surface area contributed by atoms with E-state index in [0.717, 1.165) is 25.8 Å². The Kier molecular flexibility index (Phi) is 3.43. The summed E-state index contributed by atoms with van der Waals surface area (Å²) in [4.78, 5) is 23.0. The van der Waals surface area contributed by atoms with E-state index in [2.05, 4.69) is 10.6 Å². The molecule has 16 heavy (non-hydrogen) atoms. The van der Waals surface area contributed by atoms with Gasteiger partial charge in [-0.1, -0.05) is 6.92 Å². The van der Waals surface area contributed by atoms with Crippen LogP contribution >= 0.6 is 0 Å².